The number of nitrogens with zero attached hydrogens (tertiary/aromatic N) is 1. The van der Waals surface area contributed by atoms with Crippen molar-refractivity contribution >= 4 is 46.3 Å². The number of benzene rings is 2. The summed E-state index contributed by atoms with van der Waals surface area (Å²) in [6.45, 7) is 0. The van der Waals surface area contributed by atoms with Gasteiger partial charge in [0, 0.05) is 16.3 Å². The second kappa shape index (κ2) is 8.16. The molecule has 0 spiro atoms. The average Bonchev–Trinajstić information content (AvgIpc) is 3.32. The summed E-state index contributed by atoms with van der Waals surface area (Å²) in [5.41, 5.74) is 2.18. The van der Waals surface area contributed by atoms with E-state index in [4.69, 9.17) is 0 Å². The number of halogens is 1. The molecule has 1 atom stereocenters. The van der Waals surface area contributed by atoms with Crippen LogP contribution in [-0.4, -0.2) is 17.6 Å². The first-order chi connectivity index (χ1) is 13.6. The minimum atomic E-state index is -0.371. The lowest BCUT2D eigenvalue weighted by Crippen LogP contribution is -2.27. The third-order valence-corrected chi connectivity index (χ3v) is 6.44. The molecule has 1 aliphatic rings. The fourth-order valence-corrected chi connectivity index (χ4v) is 4.96. The number of rotatable bonds is 5. The number of anilines is 2. The summed E-state index contributed by atoms with van der Waals surface area (Å²) in [6.07, 6.45) is 0.347. The normalized spacial score (nSPS) is 16.4. The number of thioether (sulfide) groups is 1. The van der Waals surface area contributed by atoms with E-state index in [1.165, 1.54) is 23.9 Å². The number of hydrogen-bond acceptors (Lipinski definition) is 4. The third kappa shape index (κ3) is 4.10. The summed E-state index contributed by atoms with van der Waals surface area (Å²) in [5.74, 6) is -0.138. The van der Waals surface area contributed by atoms with Crippen LogP contribution in [0.1, 0.15) is 15.8 Å². The lowest BCUT2D eigenvalue weighted by atomic mass is 10.1. The van der Waals surface area contributed by atoms with Crippen LogP contribution >= 0.6 is 23.1 Å². The van der Waals surface area contributed by atoms with Gasteiger partial charge < -0.3 is 5.32 Å². The van der Waals surface area contributed by atoms with Gasteiger partial charge in [-0.3, -0.25) is 14.5 Å². The van der Waals surface area contributed by atoms with E-state index in [9.17, 15) is 14.0 Å². The van der Waals surface area contributed by atoms with Crippen molar-refractivity contribution in [3.05, 3.63) is 82.3 Å². The van der Waals surface area contributed by atoms with Crippen LogP contribution in [0.2, 0.25) is 0 Å². The van der Waals surface area contributed by atoms with Gasteiger partial charge >= 0.3 is 0 Å². The van der Waals surface area contributed by atoms with Gasteiger partial charge in [0.25, 0.3) is 0 Å². The summed E-state index contributed by atoms with van der Waals surface area (Å²) in [7, 11) is 0. The van der Waals surface area contributed by atoms with Gasteiger partial charge in [-0.25, -0.2) is 4.39 Å². The van der Waals surface area contributed by atoms with E-state index in [-0.39, 0.29) is 23.0 Å². The van der Waals surface area contributed by atoms with Crippen molar-refractivity contribution in [2.75, 3.05) is 16.0 Å². The second-order valence-corrected chi connectivity index (χ2v) is 8.43. The molecule has 2 heterocycles. The number of hydrogen-bond donors (Lipinski definition) is 1. The smallest absolute Gasteiger partial charge is 0.238 e. The second-order valence-electron chi connectivity index (χ2n) is 6.33. The van der Waals surface area contributed by atoms with E-state index in [0.29, 0.717) is 23.5 Å². The van der Waals surface area contributed by atoms with Crippen LogP contribution in [0.5, 0.6) is 0 Å². The van der Waals surface area contributed by atoms with Gasteiger partial charge in [0.15, 0.2) is 0 Å². The van der Waals surface area contributed by atoms with Crippen LogP contribution in [0, 0.1) is 5.82 Å². The monoisotopic (exact) mass is 412 g/mol. The Morgan fingerprint density at radius 3 is 2.68 bits per heavy atom. The van der Waals surface area contributed by atoms with Crippen molar-refractivity contribution in [1.82, 2.24) is 0 Å². The molecular weight excluding hydrogens is 395 g/mol. The molecule has 3 aromatic rings. The maximum Gasteiger partial charge on any atom is 0.238 e. The molecular formula is C21H17FN2O2S2. The van der Waals surface area contributed by atoms with Gasteiger partial charge in [-0.05, 0) is 47.3 Å². The molecule has 142 valence electrons. The molecule has 1 saturated heterocycles. The molecule has 0 saturated carbocycles. The fraction of sp³-hybridized carbons (Fsp3) is 0.143. The van der Waals surface area contributed by atoms with E-state index in [0.717, 1.165) is 10.4 Å². The van der Waals surface area contributed by atoms with Gasteiger partial charge in [-0.1, -0.05) is 24.3 Å². The van der Waals surface area contributed by atoms with E-state index < -0.39 is 0 Å². The first-order valence-electron chi connectivity index (χ1n) is 8.71. The van der Waals surface area contributed by atoms with Crippen LogP contribution in [0.4, 0.5) is 15.8 Å². The van der Waals surface area contributed by atoms with E-state index in [1.54, 1.807) is 28.4 Å². The zero-order valence-corrected chi connectivity index (χ0v) is 16.4. The molecule has 0 aliphatic carbocycles. The first kappa shape index (κ1) is 18.7. The van der Waals surface area contributed by atoms with Crippen molar-refractivity contribution in [1.29, 1.82) is 0 Å². The summed E-state index contributed by atoms with van der Waals surface area (Å²) < 4.78 is 13.6. The minimum absolute atomic E-state index is 0.0473. The van der Waals surface area contributed by atoms with Crippen LogP contribution in [0.3, 0.4) is 0 Å². The zero-order chi connectivity index (χ0) is 19.5. The Morgan fingerprint density at radius 1 is 1.14 bits per heavy atom. The minimum Gasteiger partial charge on any atom is -0.326 e. The molecule has 2 aromatic carbocycles. The molecule has 2 amide bonds. The topological polar surface area (TPSA) is 49.4 Å². The van der Waals surface area contributed by atoms with Gasteiger partial charge in [0.05, 0.1) is 12.2 Å². The average molecular weight is 413 g/mol. The molecule has 1 N–H and O–H groups in total. The first-order valence-corrected chi connectivity index (χ1v) is 10.6. The van der Waals surface area contributed by atoms with E-state index >= 15 is 0 Å². The Morgan fingerprint density at radius 2 is 1.96 bits per heavy atom. The number of carbonyl (C=O) groups is 2. The standard InChI is InChI=1S/C21H17FN2O2S2/c22-15-3-1-4-17(11-15)24-20(26)13-28-21(24)14-6-8-16(9-7-14)23-19(25)12-18-5-2-10-27-18/h1-11,21H,12-13H2,(H,23,25)/t21-/m1/s1. The molecule has 0 radical (unpaired) electrons. The third-order valence-electron chi connectivity index (χ3n) is 4.35. The zero-order valence-electron chi connectivity index (χ0n) is 14.8. The maximum absolute atomic E-state index is 13.6. The Hall–Kier alpha value is -2.64. The Balaban J connectivity index is 1.48. The summed E-state index contributed by atoms with van der Waals surface area (Å²) in [6, 6.07) is 17.4. The Labute approximate surface area is 170 Å². The Kier molecular flexibility index (Phi) is 5.45. The van der Waals surface area contributed by atoms with Crippen molar-refractivity contribution in [2.45, 2.75) is 11.8 Å². The highest BCUT2D eigenvalue weighted by Gasteiger charge is 2.34. The molecule has 4 rings (SSSR count). The molecule has 1 aromatic heterocycles. The molecule has 4 nitrogen and oxygen atoms in total. The van der Waals surface area contributed by atoms with Gasteiger partial charge in [0.1, 0.15) is 11.2 Å². The molecule has 7 heteroatoms. The largest absolute Gasteiger partial charge is 0.326 e. The maximum atomic E-state index is 13.6. The number of nitrogens with one attached hydrogen (secondary N) is 1. The SMILES string of the molecule is O=C(Cc1cccs1)Nc1ccc([C@H]2SCC(=O)N2c2cccc(F)c2)cc1. The quantitative estimate of drug-likeness (QED) is 0.652. The van der Waals surface area contributed by atoms with E-state index in [2.05, 4.69) is 5.32 Å². The summed E-state index contributed by atoms with van der Waals surface area (Å²) in [4.78, 5) is 27.1. The number of thiophene rings is 1. The number of amides is 2. The van der Waals surface area contributed by atoms with Crippen LogP contribution in [-0.2, 0) is 16.0 Å². The Bertz CT molecular complexity index is 990. The molecule has 0 unspecified atom stereocenters. The highest BCUT2D eigenvalue weighted by molar-refractivity contribution is 8.00. The van der Waals surface area contributed by atoms with Crippen LogP contribution in [0.25, 0.3) is 0 Å². The lowest BCUT2D eigenvalue weighted by molar-refractivity contribution is -0.116. The molecule has 28 heavy (non-hydrogen) atoms. The highest BCUT2D eigenvalue weighted by atomic mass is 32.2. The molecule has 1 fully saturated rings. The van der Waals surface area contributed by atoms with Crippen molar-refractivity contribution in [3.8, 4) is 0 Å². The van der Waals surface area contributed by atoms with Crippen molar-refractivity contribution in [2.24, 2.45) is 0 Å². The predicted octanol–water partition coefficient (Wildman–Crippen LogP) is 4.85. The molecule has 0 bridgehead atoms. The van der Waals surface area contributed by atoms with Gasteiger partial charge in [0.2, 0.25) is 11.8 Å². The van der Waals surface area contributed by atoms with Gasteiger partial charge in [-0.15, -0.1) is 23.1 Å². The van der Waals surface area contributed by atoms with Gasteiger partial charge in [-0.2, -0.15) is 0 Å². The van der Waals surface area contributed by atoms with Crippen molar-refractivity contribution in [3.63, 3.8) is 0 Å². The van der Waals surface area contributed by atoms with Crippen LogP contribution < -0.4 is 10.2 Å². The predicted molar refractivity (Wildman–Crippen MR) is 112 cm³/mol. The highest BCUT2D eigenvalue weighted by Crippen LogP contribution is 2.42. The van der Waals surface area contributed by atoms with Crippen LogP contribution in [0.15, 0.2) is 66.0 Å². The van der Waals surface area contributed by atoms with E-state index in [1.807, 2.05) is 41.8 Å². The van der Waals surface area contributed by atoms with Crippen molar-refractivity contribution < 1.29 is 14.0 Å². The number of carbonyl (C=O) groups excluding carboxylic acids is 2. The summed E-state index contributed by atoms with van der Waals surface area (Å²) >= 11 is 3.06. The lowest BCUT2D eigenvalue weighted by Gasteiger charge is -2.24. The summed E-state index contributed by atoms with van der Waals surface area (Å²) in [5, 5.41) is 4.62. The molecule has 1 aliphatic heterocycles. The fourth-order valence-electron chi connectivity index (χ4n) is 3.08.